The molecule has 6 nitrogen and oxygen atoms in total. The highest BCUT2D eigenvalue weighted by Crippen LogP contribution is 2.05. The second kappa shape index (κ2) is 7.32. The van der Waals surface area contributed by atoms with Gasteiger partial charge in [0.2, 0.25) is 0 Å². The zero-order chi connectivity index (χ0) is 15.2. The molecular formula is C12H16O6Si. The van der Waals surface area contributed by atoms with Crippen molar-refractivity contribution in [1.82, 2.24) is 0 Å². The molecule has 0 amide bonds. The van der Waals surface area contributed by atoms with E-state index in [9.17, 15) is 14.4 Å². The third-order valence-corrected chi connectivity index (χ3v) is 2.87. The van der Waals surface area contributed by atoms with Crippen LogP contribution >= 0.6 is 0 Å². The summed E-state index contributed by atoms with van der Waals surface area (Å²) in [6.07, 6.45) is 0. The second-order valence-corrected chi connectivity index (χ2v) is 5.13. The van der Waals surface area contributed by atoms with E-state index in [-0.39, 0.29) is 16.7 Å². The molecule has 104 valence electrons. The fourth-order valence-electron chi connectivity index (χ4n) is 0.636. The molecule has 0 fully saturated rings. The normalized spacial score (nSPS) is 9.47. The number of hydrogen-bond acceptors (Lipinski definition) is 6. The van der Waals surface area contributed by atoms with Crippen LogP contribution in [0.1, 0.15) is 20.8 Å². The van der Waals surface area contributed by atoms with Crippen molar-refractivity contribution < 1.29 is 27.7 Å². The summed E-state index contributed by atoms with van der Waals surface area (Å²) in [6, 6.07) is 0. The average Bonchev–Trinajstić information content (AvgIpc) is 2.27. The van der Waals surface area contributed by atoms with Gasteiger partial charge in [-0.25, -0.2) is 14.4 Å². The Morgan fingerprint density at radius 1 is 0.684 bits per heavy atom. The quantitative estimate of drug-likeness (QED) is 0.536. The third-order valence-electron chi connectivity index (χ3n) is 1.66. The molecule has 0 rings (SSSR count). The number of carbonyl (C=O) groups excluding carboxylic acids is 3. The molecule has 0 unspecified atom stereocenters. The number of rotatable bonds is 6. The van der Waals surface area contributed by atoms with Crippen molar-refractivity contribution in [3.8, 4) is 0 Å². The first-order valence-electron chi connectivity index (χ1n) is 5.24. The first-order valence-corrected chi connectivity index (χ1v) is 6.66. The van der Waals surface area contributed by atoms with Crippen molar-refractivity contribution in [1.29, 1.82) is 0 Å². The lowest BCUT2D eigenvalue weighted by atomic mass is 10.4. The van der Waals surface area contributed by atoms with E-state index >= 15 is 0 Å². The molecular weight excluding hydrogens is 268 g/mol. The van der Waals surface area contributed by atoms with Crippen molar-refractivity contribution in [3.05, 3.63) is 36.5 Å². The van der Waals surface area contributed by atoms with E-state index in [0.29, 0.717) is 0 Å². The minimum Gasteiger partial charge on any atom is -0.454 e. The van der Waals surface area contributed by atoms with Gasteiger partial charge in [0, 0.05) is 16.7 Å². The van der Waals surface area contributed by atoms with Crippen LogP contribution in [0.4, 0.5) is 0 Å². The topological polar surface area (TPSA) is 78.9 Å². The van der Waals surface area contributed by atoms with E-state index in [1.807, 2.05) is 0 Å². The SMILES string of the molecule is C=C(C)C(=O)O[SiH](OC(=O)C(=C)C)OC(=O)C(=C)C. The molecule has 0 radical (unpaired) electrons. The van der Waals surface area contributed by atoms with Crippen LogP contribution in [0.5, 0.6) is 0 Å². The van der Waals surface area contributed by atoms with Gasteiger partial charge in [0.05, 0.1) is 0 Å². The molecule has 0 aromatic heterocycles. The van der Waals surface area contributed by atoms with Gasteiger partial charge in [-0.05, 0) is 20.8 Å². The Bertz CT molecular complexity index is 385. The molecule has 0 aliphatic heterocycles. The lowest BCUT2D eigenvalue weighted by Crippen LogP contribution is -2.35. The molecule has 0 N–H and O–H groups in total. The summed E-state index contributed by atoms with van der Waals surface area (Å²) in [4.78, 5) is 34.0. The van der Waals surface area contributed by atoms with Gasteiger partial charge in [0.25, 0.3) is 0 Å². The fraction of sp³-hybridized carbons (Fsp3) is 0.250. The maximum absolute atomic E-state index is 11.3. The summed E-state index contributed by atoms with van der Waals surface area (Å²) < 4.78 is 14.4. The molecule has 7 heteroatoms. The van der Waals surface area contributed by atoms with Gasteiger partial charge >= 0.3 is 27.4 Å². The highest BCUT2D eigenvalue weighted by atomic mass is 28.3. The summed E-state index contributed by atoms with van der Waals surface area (Å²) in [5.74, 6) is -2.41. The van der Waals surface area contributed by atoms with Gasteiger partial charge in [-0.2, -0.15) is 0 Å². The number of hydrogen-bond donors (Lipinski definition) is 0. The molecule has 0 spiro atoms. The summed E-state index contributed by atoms with van der Waals surface area (Å²) in [7, 11) is -3.31. The second-order valence-electron chi connectivity index (χ2n) is 3.85. The largest absolute Gasteiger partial charge is 0.689 e. The van der Waals surface area contributed by atoms with Crippen molar-refractivity contribution in [2.75, 3.05) is 0 Å². The Balaban J connectivity index is 4.82. The monoisotopic (exact) mass is 284 g/mol. The smallest absolute Gasteiger partial charge is 0.454 e. The Kier molecular flexibility index (Phi) is 6.49. The van der Waals surface area contributed by atoms with Gasteiger partial charge in [-0.1, -0.05) is 19.7 Å². The number of carbonyl (C=O) groups is 3. The Morgan fingerprint density at radius 2 is 0.895 bits per heavy atom. The molecule has 0 aromatic rings. The van der Waals surface area contributed by atoms with Crippen LogP contribution in [-0.4, -0.2) is 27.4 Å². The molecule has 0 atom stereocenters. The lowest BCUT2D eigenvalue weighted by molar-refractivity contribution is -0.143. The molecule has 0 aromatic carbocycles. The maximum atomic E-state index is 11.3. The maximum Gasteiger partial charge on any atom is 0.689 e. The van der Waals surface area contributed by atoms with Crippen molar-refractivity contribution >= 4 is 27.4 Å². The van der Waals surface area contributed by atoms with Gasteiger partial charge in [-0.15, -0.1) is 0 Å². The Labute approximate surface area is 113 Å². The first kappa shape index (κ1) is 16.8. The van der Waals surface area contributed by atoms with Crippen molar-refractivity contribution in [2.24, 2.45) is 0 Å². The molecule has 0 saturated heterocycles. The van der Waals surface area contributed by atoms with Crippen LogP contribution in [0.2, 0.25) is 0 Å². The minimum absolute atomic E-state index is 0.0928. The van der Waals surface area contributed by atoms with Crippen LogP contribution in [0.25, 0.3) is 0 Å². The summed E-state index contributed by atoms with van der Waals surface area (Å²) in [5, 5.41) is 0. The molecule has 19 heavy (non-hydrogen) atoms. The zero-order valence-corrected chi connectivity index (χ0v) is 12.3. The zero-order valence-electron chi connectivity index (χ0n) is 11.1. The molecule has 0 aliphatic rings. The van der Waals surface area contributed by atoms with Gasteiger partial charge in [0.15, 0.2) is 0 Å². The molecule has 0 saturated carbocycles. The first-order chi connectivity index (χ1) is 8.65. The van der Waals surface area contributed by atoms with E-state index in [0.717, 1.165) is 0 Å². The van der Waals surface area contributed by atoms with Crippen molar-refractivity contribution in [2.45, 2.75) is 20.8 Å². The van der Waals surface area contributed by atoms with E-state index < -0.39 is 27.4 Å². The van der Waals surface area contributed by atoms with Crippen LogP contribution in [0.15, 0.2) is 36.5 Å². The standard InChI is InChI=1S/C12H16O6Si/c1-7(2)10(13)16-19(17-11(14)8(3)4)18-12(15)9(5)6/h19H,1,3,5H2,2,4,6H3. The Morgan fingerprint density at radius 3 is 1.05 bits per heavy atom. The van der Waals surface area contributed by atoms with Crippen LogP contribution in [-0.2, 0) is 27.7 Å². The fourth-order valence-corrected chi connectivity index (χ4v) is 1.91. The summed E-state index contributed by atoms with van der Waals surface area (Å²) in [6.45, 7) is 14.3. The van der Waals surface area contributed by atoms with Crippen LogP contribution in [0, 0.1) is 0 Å². The Hall–Kier alpha value is -2.15. The highest BCUT2D eigenvalue weighted by Gasteiger charge is 2.30. The third kappa shape index (κ3) is 6.37. The van der Waals surface area contributed by atoms with Crippen molar-refractivity contribution in [3.63, 3.8) is 0 Å². The van der Waals surface area contributed by atoms with E-state index in [1.165, 1.54) is 20.8 Å². The van der Waals surface area contributed by atoms with Gasteiger partial charge in [-0.3, -0.25) is 0 Å². The van der Waals surface area contributed by atoms with E-state index in [1.54, 1.807) is 0 Å². The summed E-state index contributed by atoms with van der Waals surface area (Å²) in [5.41, 5.74) is 0.278. The molecule has 0 heterocycles. The predicted molar refractivity (Wildman–Crippen MR) is 69.9 cm³/mol. The minimum atomic E-state index is -3.31. The van der Waals surface area contributed by atoms with E-state index in [4.69, 9.17) is 13.3 Å². The predicted octanol–water partition coefficient (Wildman–Crippen LogP) is 1.06. The molecule has 0 bridgehead atoms. The average molecular weight is 284 g/mol. The highest BCUT2D eigenvalue weighted by molar-refractivity contribution is 6.45. The van der Waals surface area contributed by atoms with Gasteiger partial charge in [0.1, 0.15) is 0 Å². The lowest BCUT2D eigenvalue weighted by Gasteiger charge is -2.16. The summed E-state index contributed by atoms with van der Waals surface area (Å²) >= 11 is 0. The van der Waals surface area contributed by atoms with Gasteiger partial charge < -0.3 is 13.3 Å². The van der Waals surface area contributed by atoms with Crippen LogP contribution in [0.3, 0.4) is 0 Å². The van der Waals surface area contributed by atoms with Crippen LogP contribution < -0.4 is 0 Å². The molecule has 0 aliphatic carbocycles. The van der Waals surface area contributed by atoms with E-state index in [2.05, 4.69) is 19.7 Å².